The van der Waals surface area contributed by atoms with E-state index >= 15 is 0 Å². The van der Waals surface area contributed by atoms with Crippen molar-refractivity contribution >= 4 is 11.7 Å². The second-order valence-corrected chi connectivity index (χ2v) is 5.14. The Kier molecular flexibility index (Phi) is 5.06. The van der Waals surface area contributed by atoms with E-state index in [1.165, 1.54) is 12.1 Å². The highest BCUT2D eigenvalue weighted by Gasteiger charge is 2.14. The largest absolute Gasteiger partial charge is 0.384 e. The van der Waals surface area contributed by atoms with Crippen molar-refractivity contribution < 1.29 is 9.18 Å². The maximum absolute atomic E-state index is 12.8. The zero-order chi connectivity index (χ0) is 16.1. The predicted octanol–water partition coefficient (Wildman–Crippen LogP) is 1.30. The van der Waals surface area contributed by atoms with Gasteiger partial charge in [-0.25, -0.2) is 9.37 Å². The average Bonchev–Trinajstić information content (AvgIpc) is 2.48. The summed E-state index contributed by atoms with van der Waals surface area (Å²) in [6.07, 6.45) is 0.352. The minimum atomic E-state index is -0.687. The number of aromatic nitrogens is 1. The number of nitrogens with one attached hydrogen (secondary N) is 1. The van der Waals surface area contributed by atoms with E-state index < -0.39 is 6.04 Å². The molecule has 1 aromatic carbocycles. The Morgan fingerprint density at radius 3 is 2.59 bits per heavy atom. The molecular formula is C16H19FN4O. The predicted molar refractivity (Wildman–Crippen MR) is 83.3 cm³/mol. The molecule has 0 fully saturated rings. The molecule has 1 amide bonds. The summed E-state index contributed by atoms with van der Waals surface area (Å²) in [4.78, 5) is 16.1. The van der Waals surface area contributed by atoms with Crippen LogP contribution in [0.25, 0.3) is 0 Å². The van der Waals surface area contributed by atoms with Gasteiger partial charge in [0.05, 0.1) is 6.04 Å². The van der Waals surface area contributed by atoms with Gasteiger partial charge in [0.25, 0.3) is 0 Å². The minimum absolute atomic E-state index is 0.263. The molecule has 2 rings (SSSR count). The third-order valence-electron chi connectivity index (χ3n) is 3.38. The molecule has 0 aliphatic carbocycles. The summed E-state index contributed by atoms with van der Waals surface area (Å²) in [5.41, 5.74) is 13.9. The molecule has 1 aromatic heterocycles. The lowest BCUT2D eigenvalue weighted by Gasteiger charge is -2.13. The van der Waals surface area contributed by atoms with Crippen molar-refractivity contribution in [2.75, 3.05) is 5.73 Å². The van der Waals surface area contributed by atoms with Crippen molar-refractivity contribution in [3.8, 4) is 0 Å². The number of anilines is 1. The van der Waals surface area contributed by atoms with Gasteiger partial charge in [-0.1, -0.05) is 18.2 Å². The van der Waals surface area contributed by atoms with Gasteiger partial charge in [-0.15, -0.1) is 0 Å². The number of aryl methyl sites for hydroxylation is 1. The van der Waals surface area contributed by atoms with Gasteiger partial charge >= 0.3 is 0 Å². The zero-order valence-electron chi connectivity index (χ0n) is 12.3. The quantitative estimate of drug-likeness (QED) is 0.776. The Balaban J connectivity index is 1.89. The number of pyridine rings is 1. The van der Waals surface area contributed by atoms with Crippen molar-refractivity contribution in [1.29, 1.82) is 0 Å². The van der Waals surface area contributed by atoms with Gasteiger partial charge < -0.3 is 16.8 Å². The van der Waals surface area contributed by atoms with Crippen LogP contribution in [0.2, 0.25) is 0 Å². The number of nitrogens with zero attached hydrogens (tertiary/aromatic N) is 1. The Bertz CT molecular complexity index is 658. The first kappa shape index (κ1) is 15.9. The number of nitrogen functional groups attached to an aromatic ring is 1. The summed E-state index contributed by atoms with van der Waals surface area (Å²) in [5, 5.41) is 2.77. The molecule has 1 heterocycles. The highest BCUT2D eigenvalue weighted by atomic mass is 19.1. The number of nitrogens with two attached hydrogens (primary N) is 2. The fraction of sp³-hybridized carbons (Fsp3) is 0.250. The molecular weight excluding hydrogens is 283 g/mol. The molecule has 0 bridgehead atoms. The van der Waals surface area contributed by atoms with Crippen LogP contribution >= 0.6 is 0 Å². The van der Waals surface area contributed by atoms with Crippen LogP contribution in [0, 0.1) is 12.7 Å². The van der Waals surface area contributed by atoms with Crippen molar-refractivity contribution in [3.05, 3.63) is 59.0 Å². The van der Waals surface area contributed by atoms with E-state index in [0.717, 1.165) is 16.8 Å². The van der Waals surface area contributed by atoms with Crippen molar-refractivity contribution in [1.82, 2.24) is 10.3 Å². The lowest BCUT2D eigenvalue weighted by molar-refractivity contribution is -0.122. The van der Waals surface area contributed by atoms with E-state index in [1.807, 2.05) is 13.0 Å². The van der Waals surface area contributed by atoms with Crippen LogP contribution in [0.1, 0.15) is 16.8 Å². The van der Waals surface area contributed by atoms with Gasteiger partial charge in [-0.3, -0.25) is 4.79 Å². The molecule has 5 N–H and O–H groups in total. The second kappa shape index (κ2) is 7.00. The number of rotatable bonds is 5. The third kappa shape index (κ3) is 4.26. The van der Waals surface area contributed by atoms with Crippen LogP contribution in [-0.4, -0.2) is 16.9 Å². The fourth-order valence-electron chi connectivity index (χ4n) is 2.08. The summed E-state index contributed by atoms with van der Waals surface area (Å²) < 4.78 is 12.8. The molecule has 0 saturated carbocycles. The molecule has 1 atom stereocenters. The van der Waals surface area contributed by atoms with E-state index in [-0.39, 0.29) is 11.7 Å². The number of amides is 1. The first-order chi connectivity index (χ1) is 10.5. The fourth-order valence-corrected chi connectivity index (χ4v) is 2.08. The van der Waals surface area contributed by atoms with Gasteiger partial charge in [0.1, 0.15) is 11.6 Å². The molecule has 6 heteroatoms. The molecule has 0 unspecified atom stereocenters. The highest BCUT2D eigenvalue weighted by molar-refractivity contribution is 5.81. The molecule has 2 aromatic rings. The molecule has 0 saturated heterocycles. The van der Waals surface area contributed by atoms with E-state index in [9.17, 15) is 9.18 Å². The van der Waals surface area contributed by atoms with Crippen LogP contribution in [0.4, 0.5) is 10.2 Å². The van der Waals surface area contributed by atoms with E-state index in [2.05, 4.69) is 10.3 Å². The van der Waals surface area contributed by atoms with Crippen LogP contribution in [0.5, 0.6) is 0 Å². The summed E-state index contributed by atoms with van der Waals surface area (Å²) in [7, 11) is 0. The van der Waals surface area contributed by atoms with Gasteiger partial charge in [-0.2, -0.15) is 0 Å². The van der Waals surface area contributed by atoms with Crippen molar-refractivity contribution in [3.63, 3.8) is 0 Å². The molecule has 0 spiro atoms. The van der Waals surface area contributed by atoms with Gasteiger partial charge in [0, 0.05) is 12.2 Å². The summed E-state index contributed by atoms with van der Waals surface area (Å²) in [5.74, 6) is -0.130. The van der Waals surface area contributed by atoms with Gasteiger partial charge in [0.15, 0.2) is 0 Å². The first-order valence-corrected chi connectivity index (χ1v) is 6.95. The van der Waals surface area contributed by atoms with Crippen LogP contribution < -0.4 is 16.8 Å². The molecule has 116 valence electrons. The van der Waals surface area contributed by atoms with Gasteiger partial charge in [-0.05, 0) is 42.7 Å². The number of benzene rings is 1. The number of carbonyl (C=O) groups excluding carboxylic acids is 1. The van der Waals surface area contributed by atoms with Crippen LogP contribution in [0.15, 0.2) is 36.4 Å². The van der Waals surface area contributed by atoms with Crippen LogP contribution in [0.3, 0.4) is 0 Å². The number of hydrogen-bond acceptors (Lipinski definition) is 4. The normalized spacial score (nSPS) is 12.0. The Labute approximate surface area is 128 Å². The van der Waals surface area contributed by atoms with E-state index in [4.69, 9.17) is 11.5 Å². The molecule has 0 aliphatic rings. The summed E-state index contributed by atoms with van der Waals surface area (Å²) in [6.45, 7) is 2.17. The van der Waals surface area contributed by atoms with Crippen molar-refractivity contribution in [2.45, 2.75) is 25.9 Å². The minimum Gasteiger partial charge on any atom is -0.384 e. The molecule has 5 nitrogen and oxygen atoms in total. The smallest absolute Gasteiger partial charge is 0.237 e. The molecule has 0 aliphatic heterocycles. The number of carbonyl (C=O) groups is 1. The lowest BCUT2D eigenvalue weighted by atomic mass is 10.1. The van der Waals surface area contributed by atoms with E-state index in [1.54, 1.807) is 18.2 Å². The van der Waals surface area contributed by atoms with E-state index in [0.29, 0.717) is 18.8 Å². The topological polar surface area (TPSA) is 94.0 Å². The summed E-state index contributed by atoms with van der Waals surface area (Å²) in [6, 6.07) is 8.77. The van der Waals surface area contributed by atoms with Crippen LogP contribution in [-0.2, 0) is 17.8 Å². The summed E-state index contributed by atoms with van der Waals surface area (Å²) >= 11 is 0. The monoisotopic (exact) mass is 302 g/mol. The second-order valence-electron chi connectivity index (χ2n) is 5.14. The van der Waals surface area contributed by atoms with Gasteiger partial charge in [0.2, 0.25) is 5.91 Å². The standard InChI is InChI=1S/C16H19FN4O/c1-10-12(4-7-15(19)21-10)9-20-16(22)14(18)8-11-2-5-13(17)6-3-11/h2-7,14H,8-9,18H2,1H3,(H2,19,21)(H,20,22)/t14-/m0/s1. The Hall–Kier alpha value is -2.47. The first-order valence-electron chi connectivity index (χ1n) is 6.95. The lowest BCUT2D eigenvalue weighted by Crippen LogP contribution is -2.41. The SMILES string of the molecule is Cc1nc(N)ccc1CNC(=O)[C@@H](N)Cc1ccc(F)cc1. The Morgan fingerprint density at radius 1 is 1.27 bits per heavy atom. The Morgan fingerprint density at radius 2 is 1.95 bits per heavy atom. The highest BCUT2D eigenvalue weighted by Crippen LogP contribution is 2.08. The van der Waals surface area contributed by atoms with Crippen molar-refractivity contribution in [2.24, 2.45) is 5.73 Å². The number of hydrogen-bond donors (Lipinski definition) is 3. The average molecular weight is 302 g/mol. The molecule has 0 radical (unpaired) electrons. The maximum atomic E-state index is 12.8. The molecule has 22 heavy (non-hydrogen) atoms. The third-order valence-corrected chi connectivity index (χ3v) is 3.38. The number of halogens is 1. The maximum Gasteiger partial charge on any atom is 0.237 e. The zero-order valence-corrected chi connectivity index (χ0v) is 12.3.